The summed E-state index contributed by atoms with van der Waals surface area (Å²) in [4.78, 5) is 10.9. The first kappa shape index (κ1) is 30.0. The Morgan fingerprint density at radius 2 is 1.44 bits per heavy atom. The van der Waals surface area contributed by atoms with Crippen LogP contribution in [0.15, 0.2) is 12.7 Å². The molecule has 1 atom stereocenters. The molecule has 0 radical (unpaired) electrons. The molecule has 1 unspecified atom stereocenters. The first-order chi connectivity index (χ1) is 12.4. The molecule has 0 aliphatic heterocycles. The van der Waals surface area contributed by atoms with Gasteiger partial charge in [0.1, 0.15) is 0 Å². The van der Waals surface area contributed by atoms with Gasteiger partial charge in [0.25, 0.3) is 16.0 Å². The molecule has 7 heteroatoms. The van der Waals surface area contributed by atoms with Gasteiger partial charge in [-0.15, -0.1) is 4.28 Å². The van der Waals surface area contributed by atoms with Gasteiger partial charge >= 0.3 is 51.4 Å². The summed E-state index contributed by atoms with van der Waals surface area (Å²) in [5.74, 6) is -0.728. The number of unbranched alkanes of at least 4 members (excludes halogenated alkanes) is 11. The van der Waals surface area contributed by atoms with E-state index in [1.165, 1.54) is 64.2 Å². The van der Waals surface area contributed by atoms with Crippen molar-refractivity contribution in [2.24, 2.45) is 5.92 Å². The Hall–Kier alpha value is 0.756. The van der Waals surface area contributed by atoms with Gasteiger partial charge < -0.3 is 1.43 Å². The van der Waals surface area contributed by atoms with Crippen LogP contribution in [0.5, 0.6) is 0 Å². The number of amides is 1. The van der Waals surface area contributed by atoms with Gasteiger partial charge in [-0.2, -0.15) is 8.42 Å². The molecule has 0 fully saturated rings. The topological polar surface area (TPSA) is 72.5 Å². The average Bonchev–Trinajstić information content (AvgIpc) is 2.60. The second-order valence-corrected chi connectivity index (χ2v) is 8.88. The van der Waals surface area contributed by atoms with Gasteiger partial charge in [0.15, 0.2) is 0 Å². The third kappa shape index (κ3) is 21.3. The van der Waals surface area contributed by atoms with Crippen LogP contribution in [-0.4, -0.2) is 20.1 Å². The van der Waals surface area contributed by atoms with Crippen LogP contribution in [0.4, 0.5) is 0 Å². The number of rotatable bonds is 18. The predicted octanol–water partition coefficient (Wildman–Crippen LogP) is 2.39. The summed E-state index contributed by atoms with van der Waals surface area (Å²) >= 11 is 0. The third-order valence-electron chi connectivity index (χ3n) is 4.49. The molecule has 0 aromatic rings. The van der Waals surface area contributed by atoms with E-state index >= 15 is 0 Å². The van der Waals surface area contributed by atoms with E-state index in [1.54, 1.807) is 0 Å². The van der Waals surface area contributed by atoms with Crippen molar-refractivity contribution >= 4 is 16.0 Å². The SMILES string of the molecule is C=CC(=O)NOS(=O)(=O)CC(C)CCCCCCCCCCCCCC.[H-].[K+]. The van der Waals surface area contributed by atoms with E-state index in [9.17, 15) is 13.2 Å². The summed E-state index contributed by atoms with van der Waals surface area (Å²) in [7, 11) is -3.73. The maximum atomic E-state index is 11.7. The Balaban J connectivity index is -0.00000312. The summed E-state index contributed by atoms with van der Waals surface area (Å²) in [6, 6.07) is 0. The van der Waals surface area contributed by atoms with Crippen LogP contribution in [0.2, 0.25) is 0 Å². The summed E-state index contributed by atoms with van der Waals surface area (Å²) < 4.78 is 27.9. The Morgan fingerprint density at radius 3 is 1.89 bits per heavy atom. The van der Waals surface area contributed by atoms with Gasteiger partial charge in [0, 0.05) is 0 Å². The molecule has 0 aromatic heterocycles. The van der Waals surface area contributed by atoms with Gasteiger partial charge in [-0.1, -0.05) is 97.5 Å². The molecular formula is C20H40KNO4S. The van der Waals surface area contributed by atoms with Crippen molar-refractivity contribution < 1.29 is 70.3 Å². The molecule has 0 aromatic carbocycles. The molecule has 1 N–H and O–H groups in total. The van der Waals surface area contributed by atoms with Crippen molar-refractivity contribution in [2.75, 3.05) is 5.75 Å². The fourth-order valence-electron chi connectivity index (χ4n) is 2.95. The maximum Gasteiger partial charge on any atom is 1.00 e. The molecule has 156 valence electrons. The number of hydrogen-bond acceptors (Lipinski definition) is 4. The molecule has 0 bridgehead atoms. The van der Waals surface area contributed by atoms with Gasteiger partial charge in [0.2, 0.25) is 0 Å². The third-order valence-corrected chi connectivity index (χ3v) is 5.81. The van der Waals surface area contributed by atoms with E-state index in [-0.39, 0.29) is 64.5 Å². The maximum absolute atomic E-state index is 11.7. The molecule has 1 amide bonds. The Morgan fingerprint density at radius 1 is 1.00 bits per heavy atom. The van der Waals surface area contributed by atoms with Crippen molar-refractivity contribution in [1.29, 1.82) is 0 Å². The van der Waals surface area contributed by atoms with Gasteiger partial charge in [-0.25, -0.2) is 5.48 Å². The summed E-state index contributed by atoms with van der Waals surface area (Å²) in [5, 5.41) is 0. The van der Waals surface area contributed by atoms with E-state index in [1.807, 2.05) is 12.4 Å². The van der Waals surface area contributed by atoms with Crippen LogP contribution in [-0.2, 0) is 19.2 Å². The fraction of sp³-hybridized carbons (Fsp3) is 0.850. The van der Waals surface area contributed by atoms with Gasteiger partial charge in [-0.05, 0) is 18.4 Å². The van der Waals surface area contributed by atoms with Crippen LogP contribution in [0.25, 0.3) is 0 Å². The largest absolute Gasteiger partial charge is 1.00 e. The Bertz CT molecular complexity index is 475. The second-order valence-electron chi connectivity index (χ2n) is 7.26. The first-order valence-corrected chi connectivity index (χ1v) is 11.8. The molecule has 0 spiro atoms. The zero-order valence-corrected chi connectivity index (χ0v) is 21.7. The van der Waals surface area contributed by atoms with Crippen molar-refractivity contribution in [3.8, 4) is 0 Å². The zero-order chi connectivity index (χ0) is 19.7. The van der Waals surface area contributed by atoms with Crippen LogP contribution in [0.1, 0.15) is 98.7 Å². The fourth-order valence-corrected chi connectivity index (χ4v) is 4.09. The standard InChI is InChI=1S/C20H39NO4S.K.H/c1-4-6-7-8-9-10-11-12-13-14-15-16-17-19(3)18-26(23,24)25-21-20(22)5-2;;/h5,19H,2,4,6-18H2,1,3H3,(H,21,22);;/q;+1;-1. The summed E-state index contributed by atoms with van der Waals surface area (Å²) in [5.41, 5.74) is 1.85. The molecular weight excluding hydrogens is 389 g/mol. The molecule has 0 saturated carbocycles. The van der Waals surface area contributed by atoms with Crippen molar-refractivity contribution in [1.82, 2.24) is 5.48 Å². The van der Waals surface area contributed by atoms with Crippen molar-refractivity contribution in [2.45, 2.75) is 97.3 Å². The van der Waals surface area contributed by atoms with E-state index in [0.717, 1.165) is 25.3 Å². The Kier molecular flexibility index (Phi) is 22.2. The number of carbonyl (C=O) groups is 1. The van der Waals surface area contributed by atoms with Crippen LogP contribution in [0.3, 0.4) is 0 Å². The second kappa shape index (κ2) is 20.0. The molecule has 0 heterocycles. The molecule has 27 heavy (non-hydrogen) atoms. The Labute approximate surface area is 211 Å². The minimum absolute atomic E-state index is 0. The minimum atomic E-state index is -3.73. The normalized spacial score (nSPS) is 12.2. The van der Waals surface area contributed by atoms with Crippen LogP contribution in [0, 0.1) is 5.92 Å². The molecule has 0 saturated heterocycles. The average molecular weight is 430 g/mol. The van der Waals surface area contributed by atoms with E-state index in [2.05, 4.69) is 17.8 Å². The number of nitrogens with one attached hydrogen (secondary N) is 1. The van der Waals surface area contributed by atoms with Crippen molar-refractivity contribution in [3.05, 3.63) is 12.7 Å². The first-order valence-electron chi connectivity index (χ1n) is 10.2. The number of hydroxylamine groups is 1. The van der Waals surface area contributed by atoms with E-state index in [0.29, 0.717) is 0 Å². The smallest absolute Gasteiger partial charge is 1.00 e. The number of hydrogen-bond donors (Lipinski definition) is 1. The monoisotopic (exact) mass is 429 g/mol. The van der Waals surface area contributed by atoms with Gasteiger partial charge in [0.05, 0.1) is 5.75 Å². The summed E-state index contributed by atoms with van der Waals surface area (Å²) in [6.07, 6.45) is 17.3. The zero-order valence-electron chi connectivity index (χ0n) is 18.8. The van der Waals surface area contributed by atoms with Crippen LogP contribution < -0.4 is 56.9 Å². The van der Waals surface area contributed by atoms with Gasteiger partial charge in [-0.3, -0.25) is 4.79 Å². The number of carbonyl (C=O) groups excluding carboxylic acids is 1. The minimum Gasteiger partial charge on any atom is -1.00 e. The van der Waals surface area contributed by atoms with Crippen molar-refractivity contribution in [3.63, 3.8) is 0 Å². The quantitative estimate of drug-likeness (QED) is 0.157. The van der Waals surface area contributed by atoms with E-state index in [4.69, 9.17) is 0 Å². The van der Waals surface area contributed by atoms with E-state index < -0.39 is 16.0 Å². The molecule has 0 aliphatic carbocycles. The molecule has 0 rings (SSSR count). The summed E-state index contributed by atoms with van der Waals surface area (Å²) in [6.45, 7) is 7.38. The predicted molar refractivity (Wildman–Crippen MR) is 109 cm³/mol. The van der Waals surface area contributed by atoms with Crippen LogP contribution >= 0.6 is 0 Å². The molecule has 0 aliphatic rings. The molecule has 5 nitrogen and oxygen atoms in total.